The van der Waals surface area contributed by atoms with Gasteiger partial charge in [0.05, 0.1) is 25.3 Å². The maximum absolute atomic E-state index is 11.6. The van der Waals surface area contributed by atoms with Crippen LogP contribution >= 0.6 is 0 Å². The Morgan fingerprint density at radius 3 is 1.26 bits per heavy atom. The number of ether oxygens (including phenoxy) is 3. The average Bonchev–Trinajstić information content (AvgIpc) is 2.47. The molecule has 0 aliphatic rings. The SMILES string of the molecule is CC(C)(C)OC(=O)N[C@H](CO)C(C)(C)C.COC[C@@H](NC(=O)OC(C)(C)C)C(C)(C)C. The largest absolute Gasteiger partial charge is 0.444 e. The van der Waals surface area contributed by atoms with Crippen LogP contribution < -0.4 is 10.6 Å². The first-order valence-corrected chi connectivity index (χ1v) is 10.7. The molecule has 0 aromatic heterocycles. The first-order chi connectivity index (χ1) is 13.6. The van der Waals surface area contributed by atoms with Gasteiger partial charge in [-0.2, -0.15) is 0 Å². The third-order valence-corrected chi connectivity index (χ3v) is 3.99. The molecule has 0 rings (SSSR count). The van der Waals surface area contributed by atoms with Crippen molar-refractivity contribution >= 4 is 12.2 Å². The number of hydrogen-bond acceptors (Lipinski definition) is 6. The molecule has 0 aromatic carbocycles. The third kappa shape index (κ3) is 17.8. The number of carbonyl (C=O) groups is 2. The van der Waals surface area contributed by atoms with Gasteiger partial charge >= 0.3 is 12.2 Å². The van der Waals surface area contributed by atoms with Crippen LogP contribution in [0.15, 0.2) is 0 Å². The van der Waals surface area contributed by atoms with E-state index >= 15 is 0 Å². The molecule has 0 fully saturated rings. The van der Waals surface area contributed by atoms with Crippen molar-refractivity contribution in [1.82, 2.24) is 10.6 Å². The zero-order valence-corrected chi connectivity index (χ0v) is 22.1. The summed E-state index contributed by atoms with van der Waals surface area (Å²) in [6.07, 6.45) is -0.888. The van der Waals surface area contributed by atoms with Crippen molar-refractivity contribution in [2.45, 2.75) is 106 Å². The summed E-state index contributed by atoms with van der Waals surface area (Å²) in [4.78, 5) is 23.0. The van der Waals surface area contributed by atoms with Crippen molar-refractivity contribution in [2.24, 2.45) is 10.8 Å². The Morgan fingerprint density at radius 2 is 1.03 bits per heavy atom. The number of rotatable bonds is 5. The van der Waals surface area contributed by atoms with E-state index in [1.807, 2.05) is 62.3 Å². The van der Waals surface area contributed by atoms with Crippen LogP contribution in [0.25, 0.3) is 0 Å². The Kier molecular flexibility index (Phi) is 12.7. The first-order valence-electron chi connectivity index (χ1n) is 10.7. The van der Waals surface area contributed by atoms with Crippen LogP contribution in [0.4, 0.5) is 9.59 Å². The fraction of sp³-hybridized carbons (Fsp3) is 0.913. The maximum Gasteiger partial charge on any atom is 0.407 e. The van der Waals surface area contributed by atoms with Gasteiger partial charge in [0.25, 0.3) is 0 Å². The van der Waals surface area contributed by atoms with Gasteiger partial charge in [-0.3, -0.25) is 0 Å². The molecule has 0 aliphatic heterocycles. The summed E-state index contributed by atoms with van der Waals surface area (Å²) < 4.78 is 15.4. The maximum atomic E-state index is 11.6. The second-order valence-corrected chi connectivity index (χ2v) is 11.8. The van der Waals surface area contributed by atoms with Gasteiger partial charge in [-0.15, -0.1) is 0 Å². The number of alkyl carbamates (subject to hydrolysis) is 2. The van der Waals surface area contributed by atoms with Crippen LogP contribution in [0.3, 0.4) is 0 Å². The molecule has 2 atom stereocenters. The van der Waals surface area contributed by atoms with Crippen molar-refractivity contribution in [3.63, 3.8) is 0 Å². The Balaban J connectivity index is 0. The van der Waals surface area contributed by atoms with Gasteiger partial charge in [-0.05, 0) is 52.4 Å². The summed E-state index contributed by atoms with van der Waals surface area (Å²) in [6, 6.07) is -0.361. The molecule has 0 spiro atoms. The molecular formula is C23H48N2O6. The molecule has 0 saturated heterocycles. The lowest BCUT2D eigenvalue weighted by molar-refractivity contribution is 0.0386. The lowest BCUT2D eigenvalue weighted by atomic mass is 9.87. The molecule has 0 radical (unpaired) electrons. The van der Waals surface area contributed by atoms with Gasteiger partial charge in [0.2, 0.25) is 0 Å². The Hall–Kier alpha value is -1.54. The Labute approximate surface area is 189 Å². The highest BCUT2D eigenvalue weighted by Crippen LogP contribution is 2.20. The number of nitrogens with one attached hydrogen (secondary N) is 2. The zero-order valence-electron chi connectivity index (χ0n) is 22.1. The molecule has 0 unspecified atom stereocenters. The topological polar surface area (TPSA) is 106 Å². The average molecular weight is 449 g/mol. The zero-order chi connectivity index (χ0) is 25.3. The van der Waals surface area contributed by atoms with Crippen molar-refractivity contribution in [2.75, 3.05) is 20.3 Å². The molecule has 8 heteroatoms. The van der Waals surface area contributed by atoms with Gasteiger partial charge in [0, 0.05) is 7.11 Å². The fourth-order valence-electron chi connectivity index (χ4n) is 2.11. The lowest BCUT2D eigenvalue weighted by Crippen LogP contribution is -2.48. The summed E-state index contributed by atoms with van der Waals surface area (Å²) in [5.41, 5.74) is -1.24. The minimum absolute atomic E-state index is 0.0626. The summed E-state index contributed by atoms with van der Waals surface area (Å²) in [5.74, 6) is 0. The number of hydrogen-bond donors (Lipinski definition) is 3. The molecule has 0 saturated carbocycles. The van der Waals surface area contributed by atoms with Crippen LogP contribution in [-0.2, 0) is 14.2 Å². The monoisotopic (exact) mass is 448 g/mol. The highest BCUT2D eigenvalue weighted by Gasteiger charge is 2.29. The van der Waals surface area contributed by atoms with Gasteiger partial charge in [0.1, 0.15) is 11.2 Å². The molecule has 0 aromatic rings. The van der Waals surface area contributed by atoms with E-state index in [1.165, 1.54) is 0 Å². The molecule has 2 amide bonds. The van der Waals surface area contributed by atoms with E-state index in [9.17, 15) is 9.59 Å². The number of carbonyl (C=O) groups excluding carboxylic acids is 2. The molecule has 0 aliphatic carbocycles. The minimum Gasteiger partial charge on any atom is -0.444 e. The van der Waals surface area contributed by atoms with E-state index in [2.05, 4.69) is 10.6 Å². The van der Waals surface area contributed by atoms with Crippen LogP contribution in [0.5, 0.6) is 0 Å². The fourth-order valence-corrected chi connectivity index (χ4v) is 2.11. The molecule has 31 heavy (non-hydrogen) atoms. The summed E-state index contributed by atoms with van der Waals surface area (Å²) in [6.45, 7) is 23.3. The number of amides is 2. The highest BCUT2D eigenvalue weighted by atomic mass is 16.6. The smallest absolute Gasteiger partial charge is 0.407 e. The molecule has 8 nitrogen and oxygen atoms in total. The predicted molar refractivity (Wildman–Crippen MR) is 124 cm³/mol. The molecule has 0 bridgehead atoms. The third-order valence-electron chi connectivity index (χ3n) is 3.99. The van der Waals surface area contributed by atoms with E-state index < -0.39 is 23.4 Å². The van der Waals surface area contributed by atoms with Gasteiger partial charge in [0.15, 0.2) is 0 Å². The summed E-state index contributed by atoms with van der Waals surface area (Å²) in [5, 5.41) is 14.6. The number of aliphatic hydroxyl groups is 1. The molecule has 0 heterocycles. The van der Waals surface area contributed by atoms with Crippen LogP contribution in [-0.4, -0.2) is 60.9 Å². The lowest BCUT2D eigenvalue weighted by Gasteiger charge is -2.31. The van der Waals surface area contributed by atoms with Crippen molar-refractivity contribution in [1.29, 1.82) is 0 Å². The normalized spacial score (nSPS) is 14.5. The second-order valence-electron chi connectivity index (χ2n) is 11.8. The summed E-state index contributed by atoms with van der Waals surface area (Å²) >= 11 is 0. The minimum atomic E-state index is -0.512. The van der Waals surface area contributed by atoms with Crippen molar-refractivity contribution in [3.05, 3.63) is 0 Å². The van der Waals surface area contributed by atoms with E-state index in [-0.39, 0.29) is 29.5 Å². The van der Waals surface area contributed by atoms with Crippen molar-refractivity contribution < 1.29 is 28.9 Å². The van der Waals surface area contributed by atoms with Crippen molar-refractivity contribution in [3.8, 4) is 0 Å². The molecular weight excluding hydrogens is 400 g/mol. The van der Waals surface area contributed by atoms with E-state index in [0.29, 0.717) is 6.61 Å². The van der Waals surface area contributed by atoms with E-state index in [1.54, 1.807) is 27.9 Å². The Morgan fingerprint density at radius 1 is 0.710 bits per heavy atom. The van der Waals surface area contributed by atoms with Crippen LogP contribution in [0.1, 0.15) is 83.1 Å². The van der Waals surface area contributed by atoms with Crippen LogP contribution in [0.2, 0.25) is 0 Å². The highest BCUT2D eigenvalue weighted by molar-refractivity contribution is 5.68. The van der Waals surface area contributed by atoms with Gasteiger partial charge < -0.3 is 30.0 Å². The number of methoxy groups -OCH3 is 1. The molecule has 3 N–H and O–H groups in total. The van der Waals surface area contributed by atoms with E-state index in [4.69, 9.17) is 19.3 Å². The van der Waals surface area contributed by atoms with Crippen LogP contribution in [0, 0.1) is 10.8 Å². The predicted octanol–water partition coefficient (Wildman–Crippen LogP) is 4.49. The van der Waals surface area contributed by atoms with E-state index in [0.717, 1.165) is 0 Å². The Bertz CT molecular complexity index is 536. The van der Waals surface area contributed by atoms with Gasteiger partial charge in [-0.1, -0.05) is 41.5 Å². The number of aliphatic hydroxyl groups excluding tert-OH is 1. The van der Waals surface area contributed by atoms with Gasteiger partial charge in [-0.25, -0.2) is 9.59 Å². The quantitative estimate of drug-likeness (QED) is 0.572. The second kappa shape index (κ2) is 12.5. The molecule has 186 valence electrons. The first kappa shape index (κ1) is 31.6. The summed E-state index contributed by atoms with van der Waals surface area (Å²) in [7, 11) is 1.62. The standard InChI is InChI=1S/C12H25NO3.C11H23NO3/c1-11(2,3)9(8-15-7)13-10(14)16-12(4,5)6;1-10(2,3)8(7-13)12-9(14)15-11(4,5)6/h9H,8H2,1-7H3,(H,13,14);8,13H,7H2,1-6H3,(H,12,14)/t9-;8-/m11/s1.